The molecular weight excluding hydrogens is 376 g/mol. The van der Waals surface area contributed by atoms with E-state index < -0.39 is 5.97 Å². The van der Waals surface area contributed by atoms with Crippen LogP contribution in [-0.4, -0.2) is 37.5 Å². The Labute approximate surface area is 166 Å². The molecule has 0 aliphatic rings. The van der Waals surface area contributed by atoms with Gasteiger partial charge in [0.05, 0.1) is 5.75 Å². The van der Waals surface area contributed by atoms with Gasteiger partial charge in [0, 0.05) is 23.4 Å². The van der Waals surface area contributed by atoms with Crippen LogP contribution in [0.4, 0.5) is 5.69 Å². The number of carboxylic acid groups (broad SMARTS) is 1. The highest BCUT2D eigenvalue weighted by atomic mass is 32.2. The van der Waals surface area contributed by atoms with Crippen LogP contribution in [0, 0.1) is 6.92 Å². The molecule has 0 saturated heterocycles. The monoisotopic (exact) mass is 396 g/mol. The second kappa shape index (κ2) is 8.71. The topological polar surface area (TPSA) is 97.1 Å². The maximum Gasteiger partial charge on any atom is 0.313 e. The maximum absolute atomic E-state index is 12.4. The summed E-state index contributed by atoms with van der Waals surface area (Å²) in [5, 5.41) is 20.6. The minimum atomic E-state index is -0.897. The summed E-state index contributed by atoms with van der Waals surface area (Å²) in [7, 11) is 0. The number of nitrogens with zero attached hydrogens (tertiary/aromatic N) is 3. The van der Waals surface area contributed by atoms with Crippen molar-refractivity contribution in [2.75, 3.05) is 11.1 Å². The Morgan fingerprint density at radius 1 is 1.11 bits per heavy atom. The Hall–Kier alpha value is -3.13. The van der Waals surface area contributed by atoms with E-state index in [4.69, 9.17) is 5.11 Å². The number of hydrogen-bond acceptors (Lipinski definition) is 5. The Morgan fingerprint density at radius 3 is 2.46 bits per heavy atom. The fraction of sp³-hybridized carbons (Fsp3) is 0.200. The van der Waals surface area contributed by atoms with Gasteiger partial charge in [0.2, 0.25) is 0 Å². The molecule has 0 unspecified atom stereocenters. The molecule has 2 aromatic carbocycles. The van der Waals surface area contributed by atoms with E-state index in [0.717, 1.165) is 22.9 Å². The lowest BCUT2D eigenvalue weighted by Crippen LogP contribution is -2.13. The van der Waals surface area contributed by atoms with E-state index in [-0.39, 0.29) is 11.7 Å². The van der Waals surface area contributed by atoms with Crippen LogP contribution in [0.5, 0.6) is 0 Å². The van der Waals surface area contributed by atoms with Crippen molar-refractivity contribution in [2.45, 2.75) is 25.5 Å². The molecule has 3 aromatic rings. The van der Waals surface area contributed by atoms with Gasteiger partial charge in [0.25, 0.3) is 5.91 Å². The van der Waals surface area contributed by atoms with Gasteiger partial charge in [-0.15, -0.1) is 10.2 Å². The fourth-order valence-electron chi connectivity index (χ4n) is 2.75. The smallest absolute Gasteiger partial charge is 0.313 e. The molecular formula is C20H20N4O3S. The lowest BCUT2D eigenvalue weighted by Gasteiger charge is -2.09. The van der Waals surface area contributed by atoms with Gasteiger partial charge in [-0.05, 0) is 49.7 Å². The highest BCUT2D eigenvalue weighted by Crippen LogP contribution is 2.25. The van der Waals surface area contributed by atoms with Crippen molar-refractivity contribution in [3.05, 3.63) is 59.7 Å². The van der Waals surface area contributed by atoms with Crippen LogP contribution in [0.15, 0.2) is 53.7 Å². The molecule has 0 fully saturated rings. The van der Waals surface area contributed by atoms with E-state index in [0.29, 0.717) is 28.8 Å². The zero-order valence-corrected chi connectivity index (χ0v) is 16.4. The van der Waals surface area contributed by atoms with E-state index in [1.165, 1.54) is 0 Å². The Balaban J connectivity index is 1.77. The molecule has 0 atom stereocenters. The number of aromatic nitrogens is 3. The third-order valence-electron chi connectivity index (χ3n) is 4.15. The van der Waals surface area contributed by atoms with Gasteiger partial charge in [-0.2, -0.15) is 0 Å². The largest absolute Gasteiger partial charge is 0.481 e. The van der Waals surface area contributed by atoms with E-state index in [9.17, 15) is 9.59 Å². The van der Waals surface area contributed by atoms with Gasteiger partial charge in [0.15, 0.2) is 11.0 Å². The number of amides is 1. The summed E-state index contributed by atoms with van der Waals surface area (Å²) in [4.78, 5) is 23.2. The summed E-state index contributed by atoms with van der Waals surface area (Å²) in [6.45, 7) is 4.47. The molecule has 8 heteroatoms. The van der Waals surface area contributed by atoms with Gasteiger partial charge in [-0.1, -0.05) is 30.0 Å². The van der Waals surface area contributed by atoms with Crippen LogP contribution >= 0.6 is 11.8 Å². The van der Waals surface area contributed by atoms with Gasteiger partial charge in [0.1, 0.15) is 0 Å². The van der Waals surface area contributed by atoms with Crippen LogP contribution in [0.1, 0.15) is 22.8 Å². The number of aryl methyl sites for hydroxylation is 1. The van der Waals surface area contributed by atoms with Crippen molar-refractivity contribution in [2.24, 2.45) is 0 Å². The predicted molar refractivity (Wildman–Crippen MR) is 109 cm³/mol. The average molecular weight is 396 g/mol. The van der Waals surface area contributed by atoms with Gasteiger partial charge in [-0.25, -0.2) is 0 Å². The van der Waals surface area contributed by atoms with Crippen LogP contribution in [-0.2, 0) is 11.3 Å². The van der Waals surface area contributed by atoms with Crippen LogP contribution in [0.3, 0.4) is 0 Å². The molecule has 1 heterocycles. The first-order valence-corrected chi connectivity index (χ1v) is 9.73. The normalized spacial score (nSPS) is 10.6. The number of benzene rings is 2. The maximum atomic E-state index is 12.4. The van der Waals surface area contributed by atoms with Crippen molar-refractivity contribution in [3.63, 3.8) is 0 Å². The minimum Gasteiger partial charge on any atom is -0.481 e. The number of carbonyl (C=O) groups is 2. The van der Waals surface area contributed by atoms with Gasteiger partial charge >= 0.3 is 5.97 Å². The first-order valence-electron chi connectivity index (χ1n) is 8.74. The molecule has 0 spiro atoms. The molecule has 0 bridgehead atoms. The lowest BCUT2D eigenvalue weighted by molar-refractivity contribution is -0.133. The van der Waals surface area contributed by atoms with Crippen molar-refractivity contribution in [3.8, 4) is 11.4 Å². The van der Waals surface area contributed by atoms with E-state index in [1.807, 2.05) is 60.9 Å². The molecule has 144 valence electrons. The number of rotatable bonds is 7. The third-order valence-corrected chi connectivity index (χ3v) is 5.10. The Kier molecular flexibility index (Phi) is 6.10. The number of hydrogen-bond donors (Lipinski definition) is 2. The SMILES string of the molecule is CCn1c(SCC(=O)O)nnc1-c1ccc(NC(=O)c2ccccc2C)cc1. The van der Waals surface area contributed by atoms with Crippen LogP contribution < -0.4 is 5.32 Å². The summed E-state index contributed by atoms with van der Waals surface area (Å²) in [6, 6.07) is 14.8. The third kappa shape index (κ3) is 4.40. The van der Waals surface area contributed by atoms with Gasteiger partial charge < -0.3 is 15.0 Å². The molecule has 28 heavy (non-hydrogen) atoms. The molecule has 7 nitrogen and oxygen atoms in total. The molecule has 3 rings (SSSR count). The molecule has 0 aliphatic heterocycles. The number of carbonyl (C=O) groups excluding carboxylic acids is 1. The number of anilines is 1. The Morgan fingerprint density at radius 2 is 1.82 bits per heavy atom. The first kappa shape index (κ1) is 19.6. The van der Waals surface area contributed by atoms with Crippen molar-refractivity contribution in [1.29, 1.82) is 0 Å². The van der Waals surface area contributed by atoms with E-state index in [2.05, 4.69) is 15.5 Å². The summed E-state index contributed by atoms with van der Waals surface area (Å²) >= 11 is 1.14. The summed E-state index contributed by atoms with van der Waals surface area (Å²) in [6.07, 6.45) is 0. The van der Waals surface area contributed by atoms with E-state index >= 15 is 0 Å². The van der Waals surface area contributed by atoms with Crippen LogP contribution in [0.2, 0.25) is 0 Å². The quantitative estimate of drug-likeness (QED) is 0.591. The summed E-state index contributed by atoms with van der Waals surface area (Å²) in [5.74, 6) is -0.463. The molecule has 1 amide bonds. The second-order valence-corrected chi connectivity index (χ2v) is 7.02. The Bertz CT molecular complexity index is 999. The molecule has 0 aliphatic carbocycles. The van der Waals surface area contributed by atoms with Crippen molar-refractivity contribution in [1.82, 2.24) is 14.8 Å². The predicted octanol–water partition coefficient (Wildman–Crippen LogP) is 3.70. The zero-order chi connectivity index (χ0) is 20.1. The number of carboxylic acids is 1. The first-order chi connectivity index (χ1) is 13.5. The molecule has 1 aromatic heterocycles. The van der Waals surface area contributed by atoms with Crippen molar-refractivity contribution < 1.29 is 14.7 Å². The standard InChI is InChI=1S/C20H20N4O3S/c1-3-24-18(22-23-20(24)28-12-17(25)26)14-8-10-15(11-9-14)21-19(27)16-7-5-4-6-13(16)2/h4-11H,3,12H2,1-2H3,(H,21,27)(H,25,26). The number of nitrogens with one attached hydrogen (secondary N) is 1. The van der Waals surface area contributed by atoms with Crippen molar-refractivity contribution >= 4 is 29.3 Å². The fourth-order valence-corrected chi connectivity index (χ4v) is 3.47. The number of aliphatic carboxylic acids is 1. The second-order valence-electron chi connectivity index (χ2n) is 6.08. The lowest BCUT2D eigenvalue weighted by atomic mass is 10.1. The summed E-state index contributed by atoms with van der Waals surface area (Å²) < 4.78 is 1.87. The molecule has 0 saturated carbocycles. The molecule has 0 radical (unpaired) electrons. The molecule has 2 N–H and O–H groups in total. The zero-order valence-electron chi connectivity index (χ0n) is 15.5. The minimum absolute atomic E-state index is 0.0675. The number of thioether (sulfide) groups is 1. The van der Waals surface area contributed by atoms with Gasteiger partial charge in [-0.3, -0.25) is 9.59 Å². The highest BCUT2D eigenvalue weighted by molar-refractivity contribution is 7.99. The highest BCUT2D eigenvalue weighted by Gasteiger charge is 2.15. The average Bonchev–Trinajstić information content (AvgIpc) is 3.10. The van der Waals surface area contributed by atoms with Crippen LogP contribution in [0.25, 0.3) is 11.4 Å². The van der Waals surface area contributed by atoms with E-state index in [1.54, 1.807) is 6.07 Å². The summed E-state index contributed by atoms with van der Waals surface area (Å²) in [5.41, 5.74) is 3.07.